The molecule has 0 atom stereocenters. The summed E-state index contributed by atoms with van der Waals surface area (Å²) in [4.78, 5) is 8.81. The second-order valence-electron chi connectivity index (χ2n) is 6.12. The molecule has 0 fully saturated rings. The van der Waals surface area contributed by atoms with E-state index in [9.17, 15) is 8.42 Å². The number of rotatable bonds is 5. The fraction of sp³-hybridized carbons (Fsp3) is 0.562. The molecule has 0 aliphatic carbocycles. The lowest BCUT2D eigenvalue weighted by atomic mass is 10.0. The van der Waals surface area contributed by atoms with Crippen LogP contribution in [0.1, 0.15) is 31.0 Å². The standard InChI is InChI=1S/C16H23N5O2S/c1-3-4-9-24(22,23)21-7-5-14-15(6-8-21)17-12-18-16(14)13-10-19-20(2)11-13/h10-12H,3-9H2,1-2H3. The van der Waals surface area contributed by atoms with Gasteiger partial charge in [-0.1, -0.05) is 13.3 Å². The van der Waals surface area contributed by atoms with Gasteiger partial charge >= 0.3 is 0 Å². The first-order chi connectivity index (χ1) is 11.5. The van der Waals surface area contributed by atoms with Gasteiger partial charge in [-0.15, -0.1) is 0 Å². The second kappa shape index (κ2) is 6.98. The third-order valence-corrected chi connectivity index (χ3v) is 6.33. The van der Waals surface area contributed by atoms with Crippen LogP contribution < -0.4 is 0 Å². The molecule has 0 radical (unpaired) electrons. The molecule has 130 valence electrons. The van der Waals surface area contributed by atoms with Crippen LogP contribution in [0.4, 0.5) is 0 Å². The fourth-order valence-electron chi connectivity index (χ4n) is 3.03. The predicted octanol–water partition coefficient (Wildman–Crippen LogP) is 1.41. The monoisotopic (exact) mass is 349 g/mol. The van der Waals surface area contributed by atoms with Crippen LogP contribution in [-0.4, -0.2) is 51.3 Å². The molecule has 2 aromatic heterocycles. The molecule has 0 spiro atoms. The van der Waals surface area contributed by atoms with Gasteiger partial charge in [0.2, 0.25) is 10.0 Å². The Bertz CT molecular complexity index is 816. The van der Waals surface area contributed by atoms with Crippen molar-refractivity contribution in [2.75, 3.05) is 18.8 Å². The largest absolute Gasteiger partial charge is 0.275 e. The Morgan fingerprint density at radius 2 is 2.00 bits per heavy atom. The van der Waals surface area contributed by atoms with Crippen LogP contribution in [0.25, 0.3) is 11.3 Å². The quantitative estimate of drug-likeness (QED) is 0.815. The SMILES string of the molecule is CCCCS(=O)(=O)N1CCc2ncnc(-c3cnn(C)c3)c2CC1. The van der Waals surface area contributed by atoms with Crippen LogP contribution in [-0.2, 0) is 29.9 Å². The van der Waals surface area contributed by atoms with E-state index in [2.05, 4.69) is 15.1 Å². The zero-order valence-corrected chi connectivity index (χ0v) is 15.0. The highest BCUT2D eigenvalue weighted by Crippen LogP contribution is 2.26. The molecule has 2 aromatic rings. The zero-order valence-electron chi connectivity index (χ0n) is 14.1. The molecule has 0 aromatic carbocycles. The van der Waals surface area contributed by atoms with Crippen LogP contribution in [0.15, 0.2) is 18.7 Å². The molecule has 0 unspecified atom stereocenters. The van der Waals surface area contributed by atoms with Crippen LogP contribution in [0.5, 0.6) is 0 Å². The van der Waals surface area contributed by atoms with E-state index in [0.29, 0.717) is 32.4 Å². The number of hydrogen-bond donors (Lipinski definition) is 0. The van der Waals surface area contributed by atoms with Gasteiger partial charge in [0.1, 0.15) is 6.33 Å². The van der Waals surface area contributed by atoms with Gasteiger partial charge < -0.3 is 0 Å². The Balaban J connectivity index is 1.86. The summed E-state index contributed by atoms with van der Waals surface area (Å²) >= 11 is 0. The summed E-state index contributed by atoms with van der Waals surface area (Å²) < 4.78 is 28.3. The molecular formula is C16H23N5O2S. The van der Waals surface area contributed by atoms with E-state index >= 15 is 0 Å². The number of unbranched alkanes of at least 4 members (excludes halogenated alkanes) is 1. The van der Waals surface area contributed by atoms with Gasteiger partial charge in [0.15, 0.2) is 0 Å². The minimum absolute atomic E-state index is 0.223. The minimum Gasteiger partial charge on any atom is -0.275 e. The number of aryl methyl sites for hydroxylation is 1. The Morgan fingerprint density at radius 1 is 1.21 bits per heavy atom. The van der Waals surface area contributed by atoms with E-state index in [0.717, 1.165) is 28.9 Å². The Labute approximate surface area is 142 Å². The predicted molar refractivity (Wildman–Crippen MR) is 91.9 cm³/mol. The Morgan fingerprint density at radius 3 is 2.71 bits per heavy atom. The third kappa shape index (κ3) is 3.49. The van der Waals surface area contributed by atoms with Crippen LogP contribution in [0.2, 0.25) is 0 Å². The number of aromatic nitrogens is 4. The van der Waals surface area contributed by atoms with E-state index in [1.165, 1.54) is 0 Å². The molecule has 3 heterocycles. The third-order valence-electron chi connectivity index (χ3n) is 4.37. The van der Waals surface area contributed by atoms with Gasteiger partial charge in [-0.2, -0.15) is 5.10 Å². The van der Waals surface area contributed by atoms with Crippen LogP contribution >= 0.6 is 0 Å². The van der Waals surface area contributed by atoms with Crippen molar-refractivity contribution in [3.8, 4) is 11.3 Å². The maximum atomic E-state index is 12.5. The number of hydrogen-bond acceptors (Lipinski definition) is 5. The molecule has 8 heteroatoms. The summed E-state index contributed by atoms with van der Waals surface area (Å²) in [5.41, 5.74) is 3.79. The highest BCUT2D eigenvalue weighted by molar-refractivity contribution is 7.89. The van der Waals surface area contributed by atoms with Gasteiger partial charge in [-0.25, -0.2) is 22.7 Å². The van der Waals surface area contributed by atoms with Gasteiger partial charge in [0.25, 0.3) is 0 Å². The van der Waals surface area contributed by atoms with E-state index in [1.54, 1.807) is 21.5 Å². The fourth-order valence-corrected chi connectivity index (χ4v) is 4.68. The summed E-state index contributed by atoms with van der Waals surface area (Å²) in [5, 5.41) is 4.20. The number of nitrogens with zero attached hydrogens (tertiary/aromatic N) is 5. The van der Waals surface area contributed by atoms with E-state index in [4.69, 9.17) is 0 Å². The van der Waals surface area contributed by atoms with Crippen molar-refractivity contribution < 1.29 is 8.42 Å². The van der Waals surface area contributed by atoms with Gasteiger partial charge in [0, 0.05) is 49.6 Å². The maximum absolute atomic E-state index is 12.5. The van der Waals surface area contributed by atoms with Crippen molar-refractivity contribution >= 4 is 10.0 Å². The molecule has 0 amide bonds. The topological polar surface area (TPSA) is 81.0 Å². The van der Waals surface area contributed by atoms with Gasteiger partial charge in [-0.3, -0.25) is 4.68 Å². The molecule has 24 heavy (non-hydrogen) atoms. The molecule has 1 aliphatic rings. The minimum atomic E-state index is -3.19. The van der Waals surface area contributed by atoms with Gasteiger partial charge in [0.05, 0.1) is 17.6 Å². The Hall–Kier alpha value is -1.80. The van der Waals surface area contributed by atoms with Gasteiger partial charge in [-0.05, 0) is 12.8 Å². The van der Waals surface area contributed by atoms with Crippen molar-refractivity contribution in [2.24, 2.45) is 7.05 Å². The van der Waals surface area contributed by atoms with Crippen LogP contribution in [0.3, 0.4) is 0 Å². The number of fused-ring (bicyclic) bond motifs is 1. The molecule has 0 saturated carbocycles. The van der Waals surface area contributed by atoms with E-state index < -0.39 is 10.0 Å². The summed E-state index contributed by atoms with van der Waals surface area (Å²) in [7, 11) is -1.32. The summed E-state index contributed by atoms with van der Waals surface area (Å²) in [6.07, 6.45) is 8.09. The molecule has 0 bridgehead atoms. The molecule has 3 rings (SSSR count). The molecule has 0 saturated heterocycles. The van der Waals surface area contributed by atoms with Crippen molar-refractivity contribution in [3.63, 3.8) is 0 Å². The Kier molecular flexibility index (Phi) is 4.96. The molecule has 0 N–H and O–H groups in total. The average Bonchev–Trinajstić information content (AvgIpc) is 2.86. The first kappa shape index (κ1) is 17.0. The first-order valence-electron chi connectivity index (χ1n) is 8.31. The van der Waals surface area contributed by atoms with Crippen molar-refractivity contribution in [2.45, 2.75) is 32.6 Å². The van der Waals surface area contributed by atoms with Crippen molar-refractivity contribution in [1.82, 2.24) is 24.1 Å². The lowest BCUT2D eigenvalue weighted by Gasteiger charge is -2.19. The zero-order chi connectivity index (χ0) is 17.2. The second-order valence-corrected chi connectivity index (χ2v) is 8.21. The lowest BCUT2D eigenvalue weighted by molar-refractivity contribution is 0.425. The van der Waals surface area contributed by atoms with Crippen molar-refractivity contribution in [3.05, 3.63) is 30.0 Å². The van der Waals surface area contributed by atoms with E-state index in [-0.39, 0.29) is 5.75 Å². The summed E-state index contributed by atoms with van der Waals surface area (Å²) in [6.45, 7) is 2.98. The molecule has 1 aliphatic heterocycles. The normalized spacial score (nSPS) is 15.9. The van der Waals surface area contributed by atoms with Crippen molar-refractivity contribution in [1.29, 1.82) is 0 Å². The summed E-state index contributed by atoms with van der Waals surface area (Å²) in [5.74, 6) is 0.223. The summed E-state index contributed by atoms with van der Waals surface area (Å²) in [6, 6.07) is 0. The van der Waals surface area contributed by atoms with Crippen LogP contribution in [0, 0.1) is 0 Å². The highest BCUT2D eigenvalue weighted by atomic mass is 32.2. The lowest BCUT2D eigenvalue weighted by Crippen LogP contribution is -2.35. The first-order valence-corrected chi connectivity index (χ1v) is 9.91. The average molecular weight is 349 g/mol. The smallest absolute Gasteiger partial charge is 0.214 e. The molecular weight excluding hydrogens is 326 g/mol. The highest BCUT2D eigenvalue weighted by Gasteiger charge is 2.26. The maximum Gasteiger partial charge on any atom is 0.214 e. The number of sulfonamides is 1. The van der Waals surface area contributed by atoms with E-state index in [1.807, 2.05) is 20.2 Å². The molecule has 7 nitrogen and oxygen atoms in total.